The number of hydrogen-bond donors (Lipinski definition) is 1. The molecule has 2 rings (SSSR count). The summed E-state index contributed by atoms with van der Waals surface area (Å²) in [6.45, 7) is 1.64. The van der Waals surface area contributed by atoms with Crippen LogP contribution < -0.4 is 5.32 Å². The van der Waals surface area contributed by atoms with Crippen LogP contribution in [0.3, 0.4) is 0 Å². The second-order valence-corrected chi connectivity index (χ2v) is 4.89. The van der Waals surface area contributed by atoms with Crippen LogP contribution in [-0.4, -0.2) is 5.91 Å². The largest absolute Gasteiger partial charge is 0.321 e. The van der Waals surface area contributed by atoms with Crippen LogP contribution in [0.25, 0.3) is 0 Å². The molecule has 2 aromatic rings. The van der Waals surface area contributed by atoms with E-state index >= 15 is 0 Å². The monoisotopic (exact) mass is 325 g/mol. The summed E-state index contributed by atoms with van der Waals surface area (Å²) in [4.78, 5) is 12.0. The number of aryl methyl sites for hydroxylation is 1. The molecule has 0 radical (unpaired) electrons. The molecule has 1 amide bonds. The van der Waals surface area contributed by atoms with Gasteiger partial charge < -0.3 is 5.32 Å². The lowest BCUT2D eigenvalue weighted by atomic mass is 10.1. The standard InChI is InChI=1S/C14H10BrF2NO/c1-8-6-9(16)2-4-11(8)14(19)18-13-7-10(17)3-5-12(13)15/h2-7H,1H3,(H,18,19). The van der Waals surface area contributed by atoms with E-state index in [0.717, 1.165) is 0 Å². The molecule has 0 saturated carbocycles. The van der Waals surface area contributed by atoms with E-state index in [1.807, 2.05) is 0 Å². The topological polar surface area (TPSA) is 29.1 Å². The highest BCUT2D eigenvalue weighted by Gasteiger charge is 2.12. The van der Waals surface area contributed by atoms with Crippen molar-refractivity contribution in [3.05, 3.63) is 63.6 Å². The van der Waals surface area contributed by atoms with Gasteiger partial charge in [0.05, 0.1) is 5.69 Å². The lowest BCUT2D eigenvalue weighted by molar-refractivity contribution is 0.102. The Labute approximate surface area is 117 Å². The number of hydrogen-bond acceptors (Lipinski definition) is 1. The second kappa shape index (κ2) is 5.48. The zero-order chi connectivity index (χ0) is 14.0. The van der Waals surface area contributed by atoms with Gasteiger partial charge in [-0.2, -0.15) is 0 Å². The summed E-state index contributed by atoms with van der Waals surface area (Å²) in [7, 11) is 0. The molecule has 2 nitrogen and oxygen atoms in total. The molecule has 0 fully saturated rings. The first kappa shape index (κ1) is 13.7. The molecule has 0 heterocycles. The molecule has 0 saturated heterocycles. The van der Waals surface area contributed by atoms with E-state index in [9.17, 15) is 13.6 Å². The minimum Gasteiger partial charge on any atom is -0.321 e. The SMILES string of the molecule is Cc1cc(F)ccc1C(=O)Nc1cc(F)ccc1Br. The molecule has 98 valence electrons. The third-order valence-corrected chi connectivity index (χ3v) is 3.30. The molecule has 2 aromatic carbocycles. The predicted molar refractivity (Wildman–Crippen MR) is 73.2 cm³/mol. The van der Waals surface area contributed by atoms with Crippen molar-refractivity contribution in [3.63, 3.8) is 0 Å². The first-order chi connectivity index (χ1) is 8.97. The molecule has 0 aliphatic heterocycles. The Morgan fingerprint density at radius 3 is 2.42 bits per heavy atom. The fourth-order valence-corrected chi connectivity index (χ4v) is 2.01. The van der Waals surface area contributed by atoms with E-state index < -0.39 is 17.5 Å². The number of benzene rings is 2. The molecule has 0 atom stereocenters. The van der Waals surface area contributed by atoms with Crippen molar-refractivity contribution in [2.45, 2.75) is 6.92 Å². The van der Waals surface area contributed by atoms with Crippen LogP contribution >= 0.6 is 15.9 Å². The number of carbonyl (C=O) groups is 1. The molecule has 0 bridgehead atoms. The van der Waals surface area contributed by atoms with Crippen molar-refractivity contribution < 1.29 is 13.6 Å². The van der Waals surface area contributed by atoms with Gasteiger partial charge in [0.25, 0.3) is 5.91 Å². The van der Waals surface area contributed by atoms with E-state index in [4.69, 9.17) is 0 Å². The highest BCUT2D eigenvalue weighted by Crippen LogP contribution is 2.24. The lowest BCUT2D eigenvalue weighted by Gasteiger charge is -2.09. The van der Waals surface area contributed by atoms with Gasteiger partial charge in [0.1, 0.15) is 11.6 Å². The molecule has 0 aliphatic rings. The van der Waals surface area contributed by atoms with E-state index in [-0.39, 0.29) is 0 Å². The minimum atomic E-state index is -0.450. The van der Waals surface area contributed by atoms with Gasteiger partial charge >= 0.3 is 0 Å². The summed E-state index contributed by atoms with van der Waals surface area (Å²) in [6, 6.07) is 7.87. The van der Waals surface area contributed by atoms with Gasteiger partial charge in [0.2, 0.25) is 0 Å². The molecular weight excluding hydrogens is 316 g/mol. The summed E-state index contributed by atoms with van der Waals surface area (Å²) in [5.74, 6) is -1.26. The molecule has 0 spiro atoms. The van der Waals surface area contributed by atoms with Crippen LogP contribution in [0.4, 0.5) is 14.5 Å². The third kappa shape index (κ3) is 3.17. The maximum absolute atomic E-state index is 13.1. The Hall–Kier alpha value is -1.75. The number of anilines is 1. The van der Waals surface area contributed by atoms with Gasteiger partial charge in [0, 0.05) is 10.0 Å². The minimum absolute atomic E-state index is 0.328. The normalized spacial score (nSPS) is 10.3. The van der Waals surface area contributed by atoms with E-state index in [1.165, 1.54) is 36.4 Å². The number of halogens is 3. The summed E-state index contributed by atoms with van der Waals surface area (Å²) in [6.07, 6.45) is 0. The second-order valence-electron chi connectivity index (χ2n) is 4.04. The van der Waals surface area contributed by atoms with Crippen molar-refractivity contribution in [1.29, 1.82) is 0 Å². The van der Waals surface area contributed by atoms with Crippen LogP contribution in [-0.2, 0) is 0 Å². The fourth-order valence-electron chi connectivity index (χ4n) is 1.66. The smallest absolute Gasteiger partial charge is 0.255 e. The average Bonchev–Trinajstić information content (AvgIpc) is 2.33. The maximum atomic E-state index is 13.1. The summed E-state index contributed by atoms with van der Waals surface area (Å²) in [5.41, 5.74) is 1.19. The molecule has 0 aromatic heterocycles. The number of amides is 1. The first-order valence-electron chi connectivity index (χ1n) is 5.50. The number of nitrogens with one attached hydrogen (secondary N) is 1. The van der Waals surface area contributed by atoms with Crippen molar-refractivity contribution in [3.8, 4) is 0 Å². The quantitative estimate of drug-likeness (QED) is 0.876. The Kier molecular flexibility index (Phi) is 3.95. The van der Waals surface area contributed by atoms with E-state index in [0.29, 0.717) is 21.3 Å². The molecular formula is C14H10BrF2NO. The summed E-state index contributed by atoms with van der Waals surface area (Å²) < 4.78 is 26.6. The van der Waals surface area contributed by atoms with Crippen LogP contribution in [0, 0.1) is 18.6 Å². The summed E-state index contributed by atoms with van der Waals surface area (Å²) >= 11 is 3.22. The van der Waals surface area contributed by atoms with Crippen LogP contribution in [0.1, 0.15) is 15.9 Å². The Morgan fingerprint density at radius 1 is 1.11 bits per heavy atom. The van der Waals surface area contributed by atoms with E-state index in [1.54, 1.807) is 6.92 Å². The van der Waals surface area contributed by atoms with Gasteiger partial charge in [-0.3, -0.25) is 4.79 Å². The third-order valence-electron chi connectivity index (χ3n) is 2.61. The van der Waals surface area contributed by atoms with Crippen LogP contribution in [0.5, 0.6) is 0 Å². The van der Waals surface area contributed by atoms with Crippen LogP contribution in [0.2, 0.25) is 0 Å². The fraction of sp³-hybridized carbons (Fsp3) is 0.0714. The highest BCUT2D eigenvalue weighted by molar-refractivity contribution is 9.10. The zero-order valence-electron chi connectivity index (χ0n) is 10.0. The Balaban J connectivity index is 2.28. The average molecular weight is 326 g/mol. The first-order valence-corrected chi connectivity index (χ1v) is 6.29. The molecule has 5 heteroatoms. The molecule has 19 heavy (non-hydrogen) atoms. The van der Waals surface area contributed by atoms with E-state index in [2.05, 4.69) is 21.2 Å². The Morgan fingerprint density at radius 2 is 1.74 bits per heavy atom. The van der Waals surface area contributed by atoms with Gasteiger partial charge in [-0.05, 0) is 64.8 Å². The van der Waals surface area contributed by atoms with Gasteiger partial charge in [0.15, 0.2) is 0 Å². The highest BCUT2D eigenvalue weighted by atomic mass is 79.9. The van der Waals surface area contributed by atoms with Crippen LogP contribution in [0.15, 0.2) is 40.9 Å². The number of carbonyl (C=O) groups excluding carboxylic acids is 1. The number of rotatable bonds is 2. The van der Waals surface area contributed by atoms with Gasteiger partial charge in [-0.1, -0.05) is 0 Å². The van der Waals surface area contributed by atoms with Crippen molar-refractivity contribution in [2.75, 3.05) is 5.32 Å². The van der Waals surface area contributed by atoms with Gasteiger partial charge in [-0.15, -0.1) is 0 Å². The maximum Gasteiger partial charge on any atom is 0.255 e. The predicted octanol–water partition coefficient (Wildman–Crippen LogP) is 4.29. The summed E-state index contributed by atoms with van der Waals surface area (Å²) in [5, 5.41) is 2.58. The van der Waals surface area contributed by atoms with Crippen molar-refractivity contribution in [1.82, 2.24) is 0 Å². The Bertz CT molecular complexity index is 643. The van der Waals surface area contributed by atoms with Gasteiger partial charge in [-0.25, -0.2) is 8.78 Å². The molecule has 0 unspecified atom stereocenters. The lowest BCUT2D eigenvalue weighted by Crippen LogP contribution is -2.14. The van der Waals surface area contributed by atoms with Crippen molar-refractivity contribution >= 4 is 27.5 Å². The molecule has 1 N–H and O–H groups in total. The zero-order valence-corrected chi connectivity index (χ0v) is 11.6. The van der Waals surface area contributed by atoms with Crippen molar-refractivity contribution in [2.24, 2.45) is 0 Å². The molecule has 0 aliphatic carbocycles.